The van der Waals surface area contributed by atoms with Gasteiger partial charge in [-0.05, 0) is 29.8 Å². The van der Waals surface area contributed by atoms with Crippen LogP contribution < -0.4 is 14.8 Å². The number of benzene rings is 2. The van der Waals surface area contributed by atoms with E-state index in [-0.39, 0.29) is 12.5 Å². The number of hydrogen-bond acceptors (Lipinski definition) is 5. The topological polar surface area (TPSA) is 47.6 Å². The number of methoxy groups -OCH3 is 1. The quantitative estimate of drug-likeness (QED) is 0.535. The number of carbonyl (C=O) groups is 1. The Morgan fingerprint density at radius 2 is 2.00 bits per heavy atom. The van der Waals surface area contributed by atoms with Crippen molar-refractivity contribution in [2.75, 3.05) is 7.11 Å². The summed E-state index contributed by atoms with van der Waals surface area (Å²) in [5.74, 6) is 0.645. The van der Waals surface area contributed by atoms with Gasteiger partial charge in [0.05, 0.1) is 17.0 Å². The van der Waals surface area contributed by atoms with E-state index in [2.05, 4.69) is 5.32 Å². The monoisotopic (exact) mass is 425 g/mol. The summed E-state index contributed by atoms with van der Waals surface area (Å²) in [6.07, 6.45) is 1.70. The van der Waals surface area contributed by atoms with E-state index in [1.165, 1.54) is 18.9 Å². The second-order valence-corrected chi connectivity index (χ2v) is 7.80. The van der Waals surface area contributed by atoms with Crippen molar-refractivity contribution in [3.63, 3.8) is 0 Å². The molecule has 0 atom stereocenters. The van der Waals surface area contributed by atoms with Gasteiger partial charge in [-0.15, -0.1) is 0 Å². The Hall–Kier alpha value is -1.73. The molecular formula is C18H13Cl2NO3S2. The first-order valence-electron chi connectivity index (χ1n) is 7.46. The summed E-state index contributed by atoms with van der Waals surface area (Å²) in [6, 6.07) is 10.9. The van der Waals surface area contributed by atoms with Crippen LogP contribution in [0.5, 0.6) is 11.5 Å². The minimum atomic E-state index is -0.228. The fraction of sp³-hybridized carbons (Fsp3) is 0.111. The van der Waals surface area contributed by atoms with Crippen molar-refractivity contribution in [2.24, 2.45) is 0 Å². The highest BCUT2D eigenvalue weighted by atomic mass is 35.5. The van der Waals surface area contributed by atoms with Crippen LogP contribution in [-0.4, -0.2) is 17.3 Å². The summed E-state index contributed by atoms with van der Waals surface area (Å²) in [6.45, 7) is 0.253. The number of halogens is 2. The van der Waals surface area contributed by atoms with E-state index in [1.54, 1.807) is 24.3 Å². The van der Waals surface area contributed by atoms with Gasteiger partial charge in [-0.25, -0.2) is 0 Å². The van der Waals surface area contributed by atoms with E-state index in [4.69, 9.17) is 44.9 Å². The average Bonchev–Trinajstić information content (AvgIpc) is 2.92. The summed E-state index contributed by atoms with van der Waals surface area (Å²) in [7, 11) is 1.52. The second-order valence-electron chi connectivity index (χ2n) is 5.27. The molecule has 0 saturated carbocycles. The molecule has 134 valence electrons. The Bertz CT molecular complexity index is 915. The van der Waals surface area contributed by atoms with Crippen molar-refractivity contribution >= 4 is 63.5 Å². The number of hydrogen-bond donors (Lipinski definition) is 1. The van der Waals surface area contributed by atoms with E-state index in [0.29, 0.717) is 36.3 Å². The predicted molar refractivity (Wildman–Crippen MR) is 110 cm³/mol. The van der Waals surface area contributed by atoms with Crippen molar-refractivity contribution in [1.82, 2.24) is 5.32 Å². The molecule has 2 aromatic carbocycles. The summed E-state index contributed by atoms with van der Waals surface area (Å²) in [5.41, 5.74) is 1.55. The summed E-state index contributed by atoms with van der Waals surface area (Å²) in [4.78, 5) is 12.3. The molecule has 1 aliphatic rings. The van der Waals surface area contributed by atoms with Crippen molar-refractivity contribution in [1.29, 1.82) is 0 Å². The lowest BCUT2D eigenvalue weighted by Crippen LogP contribution is -2.17. The molecule has 1 amide bonds. The van der Waals surface area contributed by atoms with Gasteiger partial charge in [-0.3, -0.25) is 4.79 Å². The Morgan fingerprint density at radius 1 is 1.23 bits per heavy atom. The molecule has 0 aliphatic carbocycles. The Morgan fingerprint density at radius 3 is 2.65 bits per heavy atom. The van der Waals surface area contributed by atoms with E-state index < -0.39 is 0 Å². The zero-order valence-corrected chi connectivity index (χ0v) is 16.7. The molecule has 1 saturated heterocycles. The molecule has 26 heavy (non-hydrogen) atoms. The van der Waals surface area contributed by atoms with Crippen LogP contribution in [0.15, 0.2) is 41.3 Å². The molecule has 3 rings (SSSR count). The standard InChI is InChI=1S/C18H13Cl2NO3S2/c1-23-14-7-10(8-15-17(22)21-18(25)26-15)6-13(20)16(14)24-9-11-4-2-3-5-12(11)19/h2-8H,9H2,1H3,(H,21,22,25)/b15-8-. The van der Waals surface area contributed by atoms with Crippen LogP contribution in [0.4, 0.5) is 0 Å². The highest BCUT2D eigenvalue weighted by Crippen LogP contribution is 2.38. The van der Waals surface area contributed by atoms with Gasteiger partial charge in [0, 0.05) is 10.6 Å². The van der Waals surface area contributed by atoms with Gasteiger partial charge in [0.15, 0.2) is 11.5 Å². The Balaban J connectivity index is 1.86. The molecule has 2 aromatic rings. The molecule has 0 unspecified atom stereocenters. The molecule has 0 aromatic heterocycles. The number of thiocarbonyl (C=S) groups is 1. The molecule has 4 nitrogen and oxygen atoms in total. The number of carbonyl (C=O) groups excluding carboxylic acids is 1. The largest absolute Gasteiger partial charge is 0.493 e. The fourth-order valence-electron chi connectivity index (χ4n) is 2.30. The number of thioether (sulfide) groups is 1. The molecular weight excluding hydrogens is 413 g/mol. The van der Waals surface area contributed by atoms with E-state index in [0.717, 1.165) is 5.56 Å². The molecule has 1 fully saturated rings. The van der Waals surface area contributed by atoms with Crippen LogP contribution in [0.25, 0.3) is 6.08 Å². The number of ether oxygens (including phenoxy) is 2. The SMILES string of the molecule is COc1cc(/C=C2\SC(=S)NC2=O)cc(Cl)c1OCc1ccccc1Cl. The highest BCUT2D eigenvalue weighted by Gasteiger charge is 2.22. The van der Waals surface area contributed by atoms with Crippen LogP contribution in [0.3, 0.4) is 0 Å². The maximum absolute atomic E-state index is 11.8. The van der Waals surface area contributed by atoms with Gasteiger partial charge in [-0.2, -0.15) is 0 Å². The molecule has 0 spiro atoms. The number of rotatable bonds is 5. The summed E-state index contributed by atoms with van der Waals surface area (Å²) < 4.78 is 11.6. The van der Waals surface area contributed by atoms with Gasteiger partial charge in [-0.1, -0.05) is 65.4 Å². The molecule has 0 radical (unpaired) electrons. The minimum absolute atomic E-state index is 0.228. The van der Waals surface area contributed by atoms with Crippen LogP contribution in [0, 0.1) is 0 Å². The highest BCUT2D eigenvalue weighted by molar-refractivity contribution is 8.26. The maximum atomic E-state index is 11.8. The van der Waals surface area contributed by atoms with Crippen LogP contribution in [0.1, 0.15) is 11.1 Å². The third-order valence-corrected chi connectivity index (χ3v) is 5.33. The minimum Gasteiger partial charge on any atom is -0.493 e. The second kappa shape index (κ2) is 8.31. The van der Waals surface area contributed by atoms with Gasteiger partial charge in [0.25, 0.3) is 5.91 Å². The average molecular weight is 426 g/mol. The maximum Gasteiger partial charge on any atom is 0.263 e. The zero-order chi connectivity index (χ0) is 18.7. The zero-order valence-electron chi connectivity index (χ0n) is 13.5. The molecule has 1 N–H and O–H groups in total. The first-order chi connectivity index (χ1) is 12.5. The van der Waals surface area contributed by atoms with E-state index >= 15 is 0 Å². The Labute approximate surface area is 170 Å². The van der Waals surface area contributed by atoms with Crippen molar-refractivity contribution in [2.45, 2.75) is 6.61 Å². The van der Waals surface area contributed by atoms with Crippen LogP contribution in [-0.2, 0) is 11.4 Å². The van der Waals surface area contributed by atoms with Crippen molar-refractivity contribution < 1.29 is 14.3 Å². The fourth-order valence-corrected chi connectivity index (χ4v) is 3.81. The normalized spacial score (nSPS) is 15.3. The summed E-state index contributed by atoms with van der Waals surface area (Å²) in [5, 5.41) is 3.56. The summed E-state index contributed by atoms with van der Waals surface area (Å²) >= 11 is 18.7. The van der Waals surface area contributed by atoms with Crippen LogP contribution >= 0.6 is 47.2 Å². The van der Waals surface area contributed by atoms with E-state index in [9.17, 15) is 4.79 Å². The first-order valence-corrected chi connectivity index (χ1v) is 9.44. The molecule has 8 heteroatoms. The number of nitrogens with one attached hydrogen (secondary N) is 1. The Kier molecular flexibility index (Phi) is 6.09. The lowest BCUT2D eigenvalue weighted by atomic mass is 10.1. The van der Waals surface area contributed by atoms with Gasteiger partial charge >= 0.3 is 0 Å². The lowest BCUT2D eigenvalue weighted by Gasteiger charge is -2.14. The van der Waals surface area contributed by atoms with Gasteiger partial charge < -0.3 is 14.8 Å². The van der Waals surface area contributed by atoms with Crippen molar-refractivity contribution in [3.05, 3.63) is 62.5 Å². The third kappa shape index (κ3) is 4.32. The lowest BCUT2D eigenvalue weighted by molar-refractivity contribution is -0.115. The smallest absolute Gasteiger partial charge is 0.263 e. The van der Waals surface area contributed by atoms with Crippen LogP contribution in [0.2, 0.25) is 10.0 Å². The molecule has 1 aliphatic heterocycles. The molecule has 0 bridgehead atoms. The predicted octanol–water partition coefficient (Wildman–Crippen LogP) is 5.07. The molecule has 1 heterocycles. The van der Waals surface area contributed by atoms with Gasteiger partial charge in [0.1, 0.15) is 10.9 Å². The van der Waals surface area contributed by atoms with Crippen molar-refractivity contribution in [3.8, 4) is 11.5 Å². The van der Waals surface area contributed by atoms with E-state index in [1.807, 2.05) is 18.2 Å². The third-order valence-electron chi connectivity index (χ3n) is 3.52. The number of amides is 1. The first kappa shape index (κ1) is 19.0. The van der Waals surface area contributed by atoms with Gasteiger partial charge in [0.2, 0.25) is 0 Å².